The predicted octanol–water partition coefficient (Wildman–Crippen LogP) is 27.0. The first-order valence-electron chi connectivity index (χ1n) is 56.6. The van der Waals surface area contributed by atoms with E-state index in [1.54, 1.807) is 0 Å². The van der Waals surface area contributed by atoms with Gasteiger partial charge in [0, 0.05) is 21.5 Å². The maximum Gasteiger partial charge on any atom is 0.136 e. The lowest BCUT2D eigenvalue weighted by Crippen LogP contribution is -1.92. The molecule has 0 atom stereocenters. The van der Waals surface area contributed by atoms with E-state index in [0.717, 1.165) is 0 Å². The highest BCUT2D eigenvalue weighted by Crippen LogP contribution is 2.51. The van der Waals surface area contributed by atoms with E-state index in [1.807, 2.05) is 0 Å². The summed E-state index contributed by atoms with van der Waals surface area (Å²) in [6, 6.07) is -51.8. The first kappa shape index (κ1) is 22.6. The van der Waals surface area contributed by atoms with Gasteiger partial charge in [-0.05, 0) is 206 Å². The summed E-state index contributed by atoms with van der Waals surface area (Å²) in [7, 11) is 0. The summed E-state index contributed by atoms with van der Waals surface area (Å²) in [4.78, 5) is 0. The first-order valence-corrected chi connectivity index (χ1v) is 28.6. The maximum atomic E-state index is 10.1. The summed E-state index contributed by atoms with van der Waals surface area (Å²) in [5, 5.41) is -15.2. The standard InChI is InChI=1S/C50H30O.C44H26O/c1-2-14-34-30-46-44(29-33(34)13-1)50-43(24-11-25-45(50)51-46)49-41-21-7-5-19-39(41)48(40-20-6-8-22-42(40)49)36-17-9-16-35(28-36)38-23-10-15-32-27-26-31-12-3-4-18-37(31)47(32)38;1-2-13-30-26-40-38(25-29(30)12-1)44-37(21-10-22-39(44)45-40)43-34-18-7-5-16-32(34)42(33-17-6-8-19-35(33)43)36-20-9-14-28-24-23-27-11-3-4-15-31(27)41(28)36/h1-30H;1-26H/i1D,2D,3D,4D,5D,6D,7D,8D,9D,10D,11D,12D,13D,14D,15D,16D,17D,18D,19D,20D,21D,22D,23D,24D,25D,26D,27D,28D,29D,30D;1D,2D,3D,4D,5D,6D,7D,8D,9D,10D,11D,12D,13D,14D,15D,16D,17D,18D,19D,20D,21D,22D,23D,24D,25D,26D. The maximum absolute atomic E-state index is 10.1. The molecule has 0 spiro atoms. The molecule has 2 heteroatoms. The smallest absolute Gasteiger partial charge is 0.136 e. The van der Waals surface area contributed by atoms with Gasteiger partial charge in [-0.2, -0.15) is 0 Å². The van der Waals surface area contributed by atoms with Crippen LogP contribution in [0.1, 0.15) is 76.8 Å². The third-order valence-corrected chi connectivity index (χ3v) is 16.3. The minimum absolute atomic E-state index is 0.474. The van der Waals surface area contributed by atoms with Crippen molar-refractivity contribution in [3.63, 3.8) is 0 Å². The highest BCUT2D eigenvalue weighted by molar-refractivity contribution is 6.30. The van der Waals surface area contributed by atoms with Gasteiger partial charge in [-0.15, -0.1) is 0 Å². The van der Waals surface area contributed by atoms with Crippen LogP contribution in [0, 0.1) is 0 Å². The molecule has 0 amide bonds. The minimum atomic E-state index is -1.15. The number of hydrogen-bond donors (Lipinski definition) is 0. The van der Waals surface area contributed by atoms with Gasteiger partial charge < -0.3 is 8.83 Å². The molecule has 444 valence electrons. The van der Waals surface area contributed by atoms with Crippen molar-refractivity contribution in [2.45, 2.75) is 0 Å². The van der Waals surface area contributed by atoms with Crippen LogP contribution in [-0.4, -0.2) is 0 Å². The summed E-state index contributed by atoms with van der Waals surface area (Å²) < 4.78 is 521. The van der Waals surface area contributed by atoms with Crippen molar-refractivity contribution in [1.29, 1.82) is 0 Å². The molecule has 2 heterocycles. The molecule has 0 fully saturated rings. The molecular weight excluding hydrogens is 1160 g/mol. The molecule has 96 heavy (non-hydrogen) atoms. The van der Waals surface area contributed by atoms with Crippen molar-refractivity contribution < 1.29 is 85.6 Å². The normalized spacial score (nSPS) is 20.1. The van der Waals surface area contributed by atoms with E-state index in [2.05, 4.69) is 0 Å². The van der Waals surface area contributed by atoms with Crippen LogP contribution in [0.3, 0.4) is 0 Å². The van der Waals surface area contributed by atoms with Crippen LogP contribution >= 0.6 is 0 Å². The Labute approximate surface area is 631 Å². The van der Waals surface area contributed by atoms with E-state index < -0.39 is 546 Å². The lowest BCUT2D eigenvalue weighted by Gasteiger charge is -2.19. The zero-order chi connectivity index (χ0) is 112. The Morgan fingerprint density at radius 2 is 0.458 bits per heavy atom. The van der Waals surface area contributed by atoms with Gasteiger partial charge in [0.1, 0.15) is 22.3 Å². The zero-order valence-corrected chi connectivity index (χ0v) is 47.8. The summed E-state index contributed by atoms with van der Waals surface area (Å²) in [5.41, 5.74) is -10.3. The van der Waals surface area contributed by atoms with E-state index >= 15 is 0 Å². The van der Waals surface area contributed by atoms with Crippen molar-refractivity contribution in [2.75, 3.05) is 0 Å². The lowest BCUT2D eigenvalue weighted by atomic mass is 9.83. The quantitative estimate of drug-likeness (QED) is 0.127. The fraction of sp³-hybridized carbons (Fsp3) is 0. The van der Waals surface area contributed by atoms with Crippen LogP contribution in [0.15, 0.2) is 347 Å². The van der Waals surface area contributed by atoms with E-state index in [0.29, 0.717) is 0 Å². The second-order valence-corrected chi connectivity index (χ2v) is 21.3. The average Bonchev–Trinajstić information content (AvgIpc) is 1.35. The van der Waals surface area contributed by atoms with E-state index in [-0.39, 0.29) is 0 Å². The third-order valence-electron chi connectivity index (χ3n) is 16.3. The van der Waals surface area contributed by atoms with Crippen LogP contribution in [0.4, 0.5) is 0 Å². The second kappa shape index (κ2) is 21.5. The fourth-order valence-electron chi connectivity index (χ4n) is 12.4. The monoisotopic (exact) mass is 1270 g/mol. The third kappa shape index (κ3) is 8.32. The molecule has 0 radical (unpaired) electrons. The summed E-state index contributed by atoms with van der Waals surface area (Å²) >= 11 is 0. The van der Waals surface area contributed by atoms with Crippen LogP contribution < -0.4 is 0 Å². The van der Waals surface area contributed by atoms with E-state index in [9.17, 15) is 27.4 Å². The Hall–Kier alpha value is -12.6. The van der Waals surface area contributed by atoms with Gasteiger partial charge in [0.15, 0.2) is 0 Å². The topological polar surface area (TPSA) is 26.3 Å². The Bertz CT molecular complexity index is 10200. The largest absolute Gasteiger partial charge is 0.456 e. The number of benzene rings is 19. The summed E-state index contributed by atoms with van der Waals surface area (Å²) in [6.45, 7) is 0. The molecule has 0 unspecified atom stereocenters. The Balaban J connectivity index is 0.000000185. The van der Waals surface area contributed by atoms with Gasteiger partial charge >= 0.3 is 0 Å². The van der Waals surface area contributed by atoms with Gasteiger partial charge in [0.05, 0.1) is 76.8 Å². The van der Waals surface area contributed by atoms with E-state index in [4.69, 9.17) is 58.2 Å². The molecule has 2 nitrogen and oxygen atoms in total. The van der Waals surface area contributed by atoms with Crippen LogP contribution in [0.25, 0.3) is 207 Å². The highest BCUT2D eigenvalue weighted by Gasteiger charge is 2.24. The first-order chi connectivity index (χ1) is 71.0. The predicted molar refractivity (Wildman–Crippen MR) is 410 cm³/mol. The van der Waals surface area contributed by atoms with Crippen molar-refractivity contribution in [3.05, 3.63) is 338 Å². The number of rotatable bonds is 5. The molecule has 0 aliphatic rings. The highest BCUT2D eigenvalue weighted by atomic mass is 16.3. The zero-order valence-electron chi connectivity index (χ0n) is 104. The van der Waals surface area contributed by atoms with Crippen LogP contribution in [0.5, 0.6) is 0 Å². The lowest BCUT2D eigenvalue weighted by molar-refractivity contribution is 0.669. The van der Waals surface area contributed by atoms with Crippen molar-refractivity contribution in [1.82, 2.24) is 0 Å². The van der Waals surface area contributed by atoms with Crippen LogP contribution in [0.2, 0.25) is 0 Å². The molecule has 0 aliphatic heterocycles. The molecule has 19 aromatic carbocycles. The van der Waals surface area contributed by atoms with Gasteiger partial charge in [0.2, 0.25) is 0 Å². The Morgan fingerprint density at radius 3 is 0.885 bits per heavy atom. The van der Waals surface area contributed by atoms with Gasteiger partial charge in [-0.1, -0.05) is 296 Å². The van der Waals surface area contributed by atoms with Crippen LogP contribution in [-0.2, 0) is 0 Å². The summed E-state index contributed by atoms with van der Waals surface area (Å²) in [5.74, 6) is 0. The van der Waals surface area contributed by atoms with E-state index in [1.165, 1.54) is 0 Å². The van der Waals surface area contributed by atoms with Crippen molar-refractivity contribution in [2.24, 2.45) is 0 Å². The molecule has 0 bridgehead atoms. The molecule has 21 aromatic rings. The molecule has 0 aliphatic carbocycles. The minimum Gasteiger partial charge on any atom is -0.456 e. The number of furan rings is 2. The number of hydrogen-bond acceptors (Lipinski definition) is 2. The molecule has 0 N–H and O–H groups in total. The SMILES string of the molecule is [2H]c1c([2H])c(-c2c3c([2H])c([2H])c([2H])c([2H])c3c(-c3c([2H])c([2H])c([2H])c4c([2H])c([2H])c5c([2H])c([2H])c([2H])c([2H])c5c34)c3c([2H])c([2H])c([2H])c([2H])c23)c2c(oc3c([2H])c4c([2H])c([2H])c([2H])c([2H])c4c([2H])c32)c1[2H].[2H]c1c([2H])c(-c2c3c([2H])c([2H])c([2H])c([2H])c3c(-c3c([2H])c([2H])c([2H])c4oc5c([2H])c6c([2H])c([2H])c([2H])c([2H])c6c([2H])c5c34)c3c([2H])c([2H])c([2H])c([2H])c23)c([2H])c(-c2c([2H])c([2H])c([2H])c3c([2H])c([2H])c4c([2H])c([2H])c([2H])c([2H])c4c23)c1[2H]. The number of fused-ring (bicyclic) bond motifs is 18. The second-order valence-electron chi connectivity index (χ2n) is 21.3. The Morgan fingerprint density at radius 1 is 0.167 bits per heavy atom. The molecule has 0 saturated heterocycles. The molecule has 2 aromatic heterocycles. The average molecular weight is 1270 g/mol. The van der Waals surface area contributed by atoms with Gasteiger partial charge in [-0.25, -0.2) is 0 Å². The van der Waals surface area contributed by atoms with Crippen molar-refractivity contribution in [3.8, 4) is 55.6 Å². The summed E-state index contributed by atoms with van der Waals surface area (Å²) in [6.07, 6.45) is 0. The van der Waals surface area contributed by atoms with Gasteiger partial charge in [0.25, 0.3) is 0 Å². The molecular formula is C94H56O2. The van der Waals surface area contributed by atoms with Crippen molar-refractivity contribution >= 4 is 152 Å². The fourth-order valence-corrected chi connectivity index (χ4v) is 12.4. The van der Waals surface area contributed by atoms with Gasteiger partial charge in [-0.3, -0.25) is 0 Å². The molecule has 0 saturated carbocycles. The molecule has 21 rings (SSSR count). The Kier molecular flexibility index (Phi) is 5.05.